The van der Waals surface area contributed by atoms with Gasteiger partial charge in [0.25, 0.3) is 0 Å². The second-order valence-electron chi connectivity index (χ2n) is 6.44. The van der Waals surface area contributed by atoms with E-state index in [-0.39, 0.29) is 0 Å². The van der Waals surface area contributed by atoms with Gasteiger partial charge in [-0.2, -0.15) is 0 Å². The first-order chi connectivity index (χ1) is 12.4. The molecule has 0 spiro atoms. The Labute approximate surface area is 148 Å². The van der Waals surface area contributed by atoms with E-state index in [2.05, 4.69) is 10.6 Å². The molecule has 2 N–H and O–H groups in total. The van der Waals surface area contributed by atoms with Crippen molar-refractivity contribution in [1.82, 2.24) is 9.97 Å². The minimum Gasteiger partial charge on any atom is -0.367 e. The third-order valence-corrected chi connectivity index (χ3v) is 4.51. The molecule has 0 radical (unpaired) electrons. The van der Waals surface area contributed by atoms with Crippen LogP contribution >= 0.6 is 0 Å². The van der Waals surface area contributed by atoms with Crippen molar-refractivity contribution < 1.29 is 0 Å². The van der Waals surface area contributed by atoms with Crippen LogP contribution in [0.1, 0.15) is 25.7 Å². The van der Waals surface area contributed by atoms with E-state index in [9.17, 15) is 0 Å². The summed E-state index contributed by atoms with van der Waals surface area (Å²) in [5.41, 5.74) is 2.04. The lowest BCUT2D eigenvalue weighted by Crippen LogP contribution is -2.16. The Kier molecular flexibility index (Phi) is 4.59. The highest BCUT2D eigenvalue weighted by atomic mass is 15.1. The lowest BCUT2D eigenvalue weighted by molar-refractivity contribution is 0.750. The summed E-state index contributed by atoms with van der Waals surface area (Å²) >= 11 is 0. The average molecular weight is 330 g/mol. The van der Waals surface area contributed by atoms with Crippen LogP contribution < -0.4 is 10.6 Å². The van der Waals surface area contributed by atoms with Gasteiger partial charge >= 0.3 is 0 Å². The lowest BCUT2D eigenvalue weighted by atomic mass is 10.2. The van der Waals surface area contributed by atoms with E-state index in [1.54, 1.807) is 0 Å². The van der Waals surface area contributed by atoms with Gasteiger partial charge in [-0.25, -0.2) is 9.97 Å². The summed E-state index contributed by atoms with van der Waals surface area (Å²) in [5, 5.41) is 6.97. The number of para-hydroxylation sites is 1. The first-order valence-electron chi connectivity index (χ1n) is 8.90. The molecule has 1 fully saturated rings. The molecule has 0 saturated heterocycles. The van der Waals surface area contributed by atoms with E-state index < -0.39 is 0 Å². The second-order valence-corrected chi connectivity index (χ2v) is 6.44. The van der Waals surface area contributed by atoms with Crippen molar-refractivity contribution in [1.29, 1.82) is 0 Å². The zero-order chi connectivity index (χ0) is 16.9. The fourth-order valence-corrected chi connectivity index (χ4v) is 3.25. The van der Waals surface area contributed by atoms with Crippen molar-refractivity contribution in [2.24, 2.45) is 0 Å². The summed E-state index contributed by atoms with van der Waals surface area (Å²) in [6.07, 6.45) is 5.02. The van der Waals surface area contributed by atoms with Gasteiger partial charge in [0, 0.05) is 23.4 Å². The fraction of sp³-hybridized carbons (Fsp3) is 0.238. The number of anilines is 3. The number of hydrogen-bond acceptors (Lipinski definition) is 4. The molecule has 0 aliphatic heterocycles. The van der Waals surface area contributed by atoms with Crippen molar-refractivity contribution in [2.75, 3.05) is 10.6 Å². The van der Waals surface area contributed by atoms with Crippen molar-refractivity contribution in [2.45, 2.75) is 31.7 Å². The van der Waals surface area contributed by atoms with E-state index in [0.717, 1.165) is 28.7 Å². The van der Waals surface area contributed by atoms with E-state index >= 15 is 0 Å². The number of rotatable bonds is 5. The van der Waals surface area contributed by atoms with Gasteiger partial charge in [0.15, 0.2) is 5.82 Å². The van der Waals surface area contributed by atoms with E-state index in [4.69, 9.17) is 9.97 Å². The van der Waals surface area contributed by atoms with Gasteiger partial charge < -0.3 is 10.6 Å². The predicted octanol–water partition coefficient (Wildman–Crippen LogP) is 5.24. The molecule has 0 bridgehead atoms. The van der Waals surface area contributed by atoms with Crippen LogP contribution in [0.15, 0.2) is 66.7 Å². The Balaban J connectivity index is 1.66. The molecule has 126 valence electrons. The molecule has 1 aliphatic carbocycles. The molecule has 1 aliphatic rings. The Morgan fingerprint density at radius 1 is 0.760 bits per heavy atom. The number of nitrogens with zero attached hydrogens (tertiary/aromatic N) is 2. The van der Waals surface area contributed by atoms with Crippen LogP contribution in [0.3, 0.4) is 0 Å². The second kappa shape index (κ2) is 7.34. The lowest BCUT2D eigenvalue weighted by Gasteiger charge is -2.15. The summed E-state index contributed by atoms with van der Waals surface area (Å²) in [7, 11) is 0. The summed E-state index contributed by atoms with van der Waals surface area (Å²) in [6.45, 7) is 0. The molecule has 0 amide bonds. The maximum atomic E-state index is 4.75. The highest BCUT2D eigenvalue weighted by Crippen LogP contribution is 2.26. The maximum Gasteiger partial charge on any atom is 0.163 e. The molecule has 4 nitrogen and oxygen atoms in total. The Hall–Kier alpha value is -2.88. The quantitative estimate of drug-likeness (QED) is 0.671. The standard InChI is InChI=1S/C21H22N4/c1-3-9-16(10-4-1)21-24-19(22-17-11-5-2-6-12-17)15-20(25-21)23-18-13-7-8-14-18/h1-6,9-12,15,18H,7-8,13-14H2,(H2,22,23,24,25). The minimum atomic E-state index is 0.517. The first kappa shape index (κ1) is 15.6. The fourth-order valence-electron chi connectivity index (χ4n) is 3.25. The molecule has 1 aromatic heterocycles. The summed E-state index contributed by atoms with van der Waals surface area (Å²) in [5.74, 6) is 2.43. The normalized spacial score (nSPS) is 14.4. The van der Waals surface area contributed by atoms with Crippen molar-refractivity contribution in [3.63, 3.8) is 0 Å². The highest BCUT2D eigenvalue weighted by molar-refractivity contribution is 5.65. The van der Waals surface area contributed by atoms with E-state index in [1.165, 1.54) is 25.7 Å². The largest absolute Gasteiger partial charge is 0.367 e. The smallest absolute Gasteiger partial charge is 0.163 e. The first-order valence-corrected chi connectivity index (χ1v) is 8.90. The van der Waals surface area contributed by atoms with Crippen LogP contribution in [0.25, 0.3) is 11.4 Å². The topological polar surface area (TPSA) is 49.8 Å². The maximum absolute atomic E-state index is 4.75. The van der Waals surface area contributed by atoms with Gasteiger partial charge in [-0.3, -0.25) is 0 Å². The molecule has 1 saturated carbocycles. The minimum absolute atomic E-state index is 0.517. The third-order valence-electron chi connectivity index (χ3n) is 4.51. The molecule has 1 heterocycles. The van der Waals surface area contributed by atoms with Gasteiger partial charge in [-0.1, -0.05) is 61.4 Å². The van der Waals surface area contributed by atoms with Crippen molar-refractivity contribution >= 4 is 17.3 Å². The molecule has 0 unspecified atom stereocenters. The third kappa shape index (κ3) is 3.97. The number of aromatic nitrogens is 2. The zero-order valence-corrected chi connectivity index (χ0v) is 14.2. The summed E-state index contributed by atoms with van der Waals surface area (Å²) in [4.78, 5) is 9.46. The monoisotopic (exact) mass is 330 g/mol. The Morgan fingerprint density at radius 2 is 1.40 bits per heavy atom. The van der Waals surface area contributed by atoms with E-state index in [1.807, 2.05) is 66.7 Å². The molecule has 2 aromatic carbocycles. The van der Waals surface area contributed by atoms with Crippen LogP contribution in [0.5, 0.6) is 0 Å². The van der Waals surface area contributed by atoms with Crippen LogP contribution in [0.4, 0.5) is 17.3 Å². The number of hydrogen-bond donors (Lipinski definition) is 2. The number of nitrogens with one attached hydrogen (secondary N) is 2. The predicted molar refractivity (Wildman–Crippen MR) is 103 cm³/mol. The molecule has 3 aromatic rings. The zero-order valence-electron chi connectivity index (χ0n) is 14.2. The molecular formula is C21H22N4. The van der Waals surface area contributed by atoms with Crippen molar-refractivity contribution in [3.05, 3.63) is 66.7 Å². The van der Waals surface area contributed by atoms with Gasteiger partial charge in [-0.15, -0.1) is 0 Å². The van der Waals surface area contributed by atoms with Crippen LogP contribution in [0, 0.1) is 0 Å². The molecule has 4 heteroatoms. The van der Waals surface area contributed by atoms with Crippen LogP contribution in [-0.4, -0.2) is 16.0 Å². The number of benzene rings is 2. The Bertz CT molecular complexity index is 812. The Morgan fingerprint density at radius 3 is 2.12 bits per heavy atom. The molecule has 4 rings (SSSR count). The summed E-state index contributed by atoms with van der Waals surface area (Å²) in [6, 6.07) is 22.7. The van der Waals surface area contributed by atoms with E-state index in [0.29, 0.717) is 6.04 Å². The highest BCUT2D eigenvalue weighted by Gasteiger charge is 2.16. The molecule has 0 atom stereocenters. The van der Waals surface area contributed by atoms with Crippen LogP contribution in [-0.2, 0) is 0 Å². The summed E-state index contributed by atoms with van der Waals surface area (Å²) < 4.78 is 0. The molecular weight excluding hydrogens is 308 g/mol. The van der Waals surface area contributed by atoms with Gasteiger partial charge in [0.2, 0.25) is 0 Å². The van der Waals surface area contributed by atoms with Gasteiger partial charge in [0.1, 0.15) is 11.6 Å². The van der Waals surface area contributed by atoms with Crippen molar-refractivity contribution in [3.8, 4) is 11.4 Å². The molecule has 25 heavy (non-hydrogen) atoms. The van der Waals surface area contributed by atoms with Gasteiger partial charge in [0.05, 0.1) is 0 Å². The van der Waals surface area contributed by atoms with Crippen LogP contribution in [0.2, 0.25) is 0 Å². The SMILES string of the molecule is c1ccc(Nc2cc(NC3CCCC3)nc(-c3ccccc3)n2)cc1. The average Bonchev–Trinajstić information content (AvgIpc) is 3.16. The van der Waals surface area contributed by atoms with Gasteiger partial charge in [-0.05, 0) is 25.0 Å².